The van der Waals surface area contributed by atoms with Crippen molar-refractivity contribution < 1.29 is 14.3 Å². The van der Waals surface area contributed by atoms with Gasteiger partial charge in [-0.05, 0) is 56.2 Å². The lowest BCUT2D eigenvalue weighted by molar-refractivity contribution is 0.105. The number of hydrogen-bond acceptors (Lipinski definition) is 5. The molecular formula is C24H23Cl2N3O3. The molecule has 0 aliphatic carbocycles. The lowest BCUT2D eigenvalue weighted by Gasteiger charge is -2.18. The number of nitrogens with zero attached hydrogens (tertiary/aromatic N) is 3. The summed E-state index contributed by atoms with van der Waals surface area (Å²) >= 11 is 12.4. The normalized spacial score (nSPS) is 14.7. The lowest BCUT2D eigenvalue weighted by Crippen LogP contribution is -2.24. The van der Waals surface area contributed by atoms with Gasteiger partial charge in [0.05, 0.1) is 6.61 Å². The fourth-order valence-corrected chi connectivity index (χ4v) is 4.07. The molecule has 0 saturated carbocycles. The SMILES string of the molecule is CCCOc1cc(C(=O)C(=Cc2ccc(Cl)cc2Cl)n2cncn2)cc2c1OC(C)(C)C2. The summed E-state index contributed by atoms with van der Waals surface area (Å²) in [6.07, 6.45) is 6.05. The first kappa shape index (κ1) is 22.4. The van der Waals surface area contributed by atoms with Crippen LogP contribution in [-0.4, -0.2) is 32.8 Å². The Kier molecular flexibility index (Phi) is 6.26. The molecule has 0 atom stereocenters. The molecule has 0 radical (unpaired) electrons. The standard InChI is InChI=1S/C24H23Cl2N3O3/c1-4-7-31-21-10-16(8-17-12-24(2,3)32-23(17)21)22(30)20(29-14-27-13-28-29)9-15-5-6-18(25)11-19(15)26/h5-6,8-11,13-14H,4,7,12H2,1-3H3. The second-order valence-electron chi connectivity index (χ2n) is 8.21. The van der Waals surface area contributed by atoms with Crippen LogP contribution in [-0.2, 0) is 6.42 Å². The number of benzene rings is 2. The molecule has 6 nitrogen and oxygen atoms in total. The maximum absolute atomic E-state index is 13.7. The van der Waals surface area contributed by atoms with E-state index in [0.29, 0.717) is 51.4 Å². The molecule has 32 heavy (non-hydrogen) atoms. The number of rotatable bonds is 7. The third kappa shape index (κ3) is 4.66. The number of halogens is 2. The summed E-state index contributed by atoms with van der Waals surface area (Å²) in [6.45, 7) is 6.59. The van der Waals surface area contributed by atoms with Gasteiger partial charge in [0.15, 0.2) is 11.5 Å². The fourth-order valence-electron chi connectivity index (χ4n) is 3.61. The Hall–Kier alpha value is -2.83. The van der Waals surface area contributed by atoms with E-state index < -0.39 is 0 Å². The van der Waals surface area contributed by atoms with E-state index in [-0.39, 0.29) is 11.4 Å². The molecule has 0 N–H and O–H groups in total. The average molecular weight is 472 g/mol. The first-order chi connectivity index (χ1) is 15.3. The van der Waals surface area contributed by atoms with E-state index in [2.05, 4.69) is 10.1 Å². The first-order valence-corrected chi connectivity index (χ1v) is 11.1. The molecule has 0 bridgehead atoms. The van der Waals surface area contributed by atoms with Crippen molar-refractivity contribution >= 4 is 40.8 Å². The second kappa shape index (κ2) is 8.96. The highest BCUT2D eigenvalue weighted by atomic mass is 35.5. The molecule has 2 aromatic carbocycles. The van der Waals surface area contributed by atoms with E-state index in [1.165, 1.54) is 17.3 Å². The second-order valence-corrected chi connectivity index (χ2v) is 9.06. The van der Waals surface area contributed by atoms with Crippen LogP contribution in [0.3, 0.4) is 0 Å². The van der Waals surface area contributed by atoms with Crippen molar-refractivity contribution in [2.45, 2.75) is 39.2 Å². The van der Waals surface area contributed by atoms with Gasteiger partial charge in [-0.25, -0.2) is 9.67 Å². The Morgan fingerprint density at radius 1 is 1.28 bits per heavy atom. The van der Waals surface area contributed by atoms with Gasteiger partial charge in [0.1, 0.15) is 24.0 Å². The summed E-state index contributed by atoms with van der Waals surface area (Å²) in [6, 6.07) is 8.69. The van der Waals surface area contributed by atoms with E-state index in [1.54, 1.807) is 30.3 Å². The molecular weight excluding hydrogens is 449 g/mol. The van der Waals surface area contributed by atoms with Gasteiger partial charge in [-0.15, -0.1) is 0 Å². The highest BCUT2D eigenvalue weighted by Gasteiger charge is 2.34. The zero-order valence-electron chi connectivity index (χ0n) is 18.1. The largest absolute Gasteiger partial charge is 0.490 e. The number of aromatic nitrogens is 3. The number of Topliss-reactive ketones (excluding diaryl/α,β-unsaturated/α-hetero) is 1. The first-order valence-electron chi connectivity index (χ1n) is 10.3. The summed E-state index contributed by atoms with van der Waals surface area (Å²) in [5.41, 5.74) is 1.99. The van der Waals surface area contributed by atoms with Crippen LogP contribution >= 0.6 is 23.2 Å². The van der Waals surface area contributed by atoms with Gasteiger partial charge < -0.3 is 9.47 Å². The third-order valence-electron chi connectivity index (χ3n) is 5.00. The molecule has 0 unspecified atom stereocenters. The van der Waals surface area contributed by atoms with Crippen molar-refractivity contribution in [1.82, 2.24) is 14.8 Å². The van der Waals surface area contributed by atoms with E-state index >= 15 is 0 Å². The van der Waals surface area contributed by atoms with E-state index in [1.807, 2.05) is 26.8 Å². The molecule has 1 aliphatic heterocycles. The highest BCUT2D eigenvalue weighted by Crippen LogP contribution is 2.43. The molecule has 4 rings (SSSR count). The van der Waals surface area contributed by atoms with Crippen molar-refractivity contribution in [3.63, 3.8) is 0 Å². The summed E-state index contributed by atoms with van der Waals surface area (Å²) in [5.74, 6) is 1.03. The maximum Gasteiger partial charge on any atom is 0.211 e. The fraction of sp³-hybridized carbons (Fsp3) is 0.292. The number of hydrogen-bond donors (Lipinski definition) is 0. The quantitative estimate of drug-likeness (QED) is 0.313. The number of fused-ring (bicyclic) bond motifs is 1. The average Bonchev–Trinajstić information content (AvgIpc) is 3.37. The molecule has 1 aromatic heterocycles. The minimum absolute atomic E-state index is 0.240. The Bertz CT molecular complexity index is 1190. The summed E-state index contributed by atoms with van der Waals surface area (Å²) in [4.78, 5) is 17.7. The van der Waals surface area contributed by atoms with Gasteiger partial charge in [-0.1, -0.05) is 36.2 Å². The highest BCUT2D eigenvalue weighted by molar-refractivity contribution is 6.36. The maximum atomic E-state index is 13.7. The number of carbonyl (C=O) groups is 1. The van der Waals surface area contributed by atoms with Gasteiger partial charge >= 0.3 is 0 Å². The van der Waals surface area contributed by atoms with Crippen LogP contribution in [0, 0.1) is 0 Å². The van der Waals surface area contributed by atoms with Gasteiger partial charge in [0, 0.05) is 27.6 Å². The number of ketones is 1. The summed E-state index contributed by atoms with van der Waals surface area (Å²) in [5, 5.41) is 5.11. The van der Waals surface area contributed by atoms with E-state index in [0.717, 1.165) is 12.0 Å². The predicted octanol–water partition coefficient (Wildman–Crippen LogP) is 5.97. The van der Waals surface area contributed by atoms with Gasteiger partial charge in [-0.3, -0.25) is 4.79 Å². The van der Waals surface area contributed by atoms with Gasteiger partial charge in [0.2, 0.25) is 5.78 Å². The topological polar surface area (TPSA) is 66.2 Å². The van der Waals surface area contributed by atoms with Crippen molar-refractivity contribution in [2.75, 3.05) is 6.61 Å². The van der Waals surface area contributed by atoms with Crippen LogP contribution < -0.4 is 9.47 Å². The lowest BCUT2D eigenvalue weighted by atomic mass is 9.97. The van der Waals surface area contributed by atoms with Crippen molar-refractivity contribution in [3.05, 3.63) is 69.7 Å². The molecule has 166 valence electrons. The molecule has 0 amide bonds. The molecule has 2 heterocycles. The Balaban J connectivity index is 1.80. The zero-order chi connectivity index (χ0) is 22.9. The van der Waals surface area contributed by atoms with Crippen LogP contribution in [0.4, 0.5) is 0 Å². The van der Waals surface area contributed by atoms with Crippen LogP contribution in [0.2, 0.25) is 10.0 Å². The predicted molar refractivity (Wildman–Crippen MR) is 126 cm³/mol. The molecule has 0 saturated heterocycles. The molecule has 8 heteroatoms. The third-order valence-corrected chi connectivity index (χ3v) is 5.57. The van der Waals surface area contributed by atoms with Crippen molar-refractivity contribution in [2.24, 2.45) is 0 Å². The monoisotopic (exact) mass is 471 g/mol. The summed E-state index contributed by atoms with van der Waals surface area (Å²) < 4.78 is 13.5. The Morgan fingerprint density at radius 2 is 2.09 bits per heavy atom. The van der Waals surface area contributed by atoms with Crippen LogP contribution in [0.15, 0.2) is 43.0 Å². The Morgan fingerprint density at radius 3 is 2.78 bits per heavy atom. The van der Waals surface area contributed by atoms with Gasteiger partial charge in [0.25, 0.3) is 0 Å². The van der Waals surface area contributed by atoms with E-state index in [4.69, 9.17) is 32.7 Å². The summed E-state index contributed by atoms with van der Waals surface area (Å²) in [7, 11) is 0. The molecule has 1 aliphatic rings. The van der Waals surface area contributed by atoms with Gasteiger partial charge in [-0.2, -0.15) is 5.10 Å². The zero-order valence-corrected chi connectivity index (χ0v) is 19.6. The van der Waals surface area contributed by atoms with Crippen LogP contribution in [0.25, 0.3) is 11.8 Å². The number of ether oxygens (including phenoxy) is 2. The number of carbonyl (C=O) groups excluding carboxylic acids is 1. The molecule has 0 fully saturated rings. The van der Waals surface area contributed by atoms with Crippen molar-refractivity contribution in [1.29, 1.82) is 0 Å². The van der Waals surface area contributed by atoms with Crippen LogP contribution in [0.5, 0.6) is 11.5 Å². The molecule has 3 aromatic rings. The molecule has 0 spiro atoms. The number of allylic oxidation sites excluding steroid dienone is 1. The van der Waals surface area contributed by atoms with Crippen LogP contribution in [0.1, 0.15) is 48.7 Å². The minimum Gasteiger partial charge on any atom is -0.490 e. The van der Waals surface area contributed by atoms with E-state index in [9.17, 15) is 4.79 Å². The smallest absolute Gasteiger partial charge is 0.211 e. The minimum atomic E-state index is -0.365. The van der Waals surface area contributed by atoms with Crippen molar-refractivity contribution in [3.8, 4) is 11.5 Å². The Labute approximate surface area is 196 Å².